The van der Waals surface area contributed by atoms with Gasteiger partial charge in [0.1, 0.15) is 0 Å². The minimum Gasteiger partial charge on any atom is -0.312 e. The molecule has 0 saturated heterocycles. The Balaban J connectivity index is 0.000000162. The molecule has 0 aromatic heterocycles. The van der Waals surface area contributed by atoms with Crippen LogP contribution in [-0.2, 0) is 5.41 Å². The van der Waals surface area contributed by atoms with E-state index in [0.29, 0.717) is 0 Å². The topological polar surface area (TPSA) is 9.72 Å². The molecule has 99 heavy (non-hydrogen) atoms. The normalized spacial score (nSPS) is 12.1. The fourth-order valence-electron chi connectivity index (χ4n) is 15.0. The van der Waals surface area contributed by atoms with Gasteiger partial charge in [0.25, 0.3) is 0 Å². The molecular formula is C94H73B2N3. The Hall–Kier alpha value is -12.2. The van der Waals surface area contributed by atoms with Crippen LogP contribution >= 0.6 is 0 Å². The minimum absolute atomic E-state index is 0.0180. The maximum absolute atomic E-state index is 2.47. The van der Waals surface area contributed by atoms with Gasteiger partial charge < -0.3 is 14.7 Å². The highest BCUT2D eigenvalue weighted by Gasteiger charge is 2.40. The van der Waals surface area contributed by atoms with E-state index in [0.717, 1.165) is 22.7 Å². The number of hydrogen-bond acceptors (Lipinski definition) is 3. The van der Waals surface area contributed by atoms with Crippen molar-refractivity contribution in [2.75, 3.05) is 14.7 Å². The van der Waals surface area contributed by atoms with Gasteiger partial charge in [-0.05, 0) is 173 Å². The van der Waals surface area contributed by atoms with Crippen molar-refractivity contribution in [1.82, 2.24) is 0 Å². The number of para-hydroxylation sites is 6. The third kappa shape index (κ3) is 12.0. The van der Waals surface area contributed by atoms with Crippen molar-refractivity contribution < 1.29 is 0 Å². The Bertz CT molecular complexity index is 5080. The quantitative estimate of drug-likeness (QED) is 0.113. The molecule has 2 aliphatic rings. The van der Waals surface area contributed by atoms with Crippen LogP contribution in [0.25, 0.3) is 55.6 Å². The first-order valence-electron chi connectivity index (χ1n) is 34.5. The number of rotatable bonds is 12. The molecule has 3 nitrogen and oxygen atoms in total. The standard InChI is InChI=1S/C54H39BN2.C40H34BN/c1-5-18-42(19-6-1)48-26-17-27-49(43-20-7-2-8-21-43)54(48)55-50-28-13-15-30-52(50)57(53-31-16-14-29-51(53)55)47-38-34-41(35-39-47)40-32-36-46(37-33-40)56(44-22-9-3-10-23-44)45-24-11-4-12-25-45;1-40(2,3)31-26-27-38-36(28-31)41(35-24-13-14-25-37(35)42(38)32-20-11-6-12-21-32)39-33(29-16-7-4-8-17-29)22-15-23-34(39)30-18-9-5-10-19-30/h1-39H;4-28H,1-3H3. The molecule has 17 rings (SSSR count). The van der Waals surface area contributed by atoms with E-state index in [1.807, 2.05) is 0 Å². The van der Waals surface area contributed by atoms with Crippen molar-refractivity contribution in [1.29, 1.82) is 0 Å². The van der Waals surface area contributed by atoms with Gasteiger partial charge in [0.15, 0.2) is 0 Å². The Morgan fingerprint density at radius 1 is 0.232 bits per heavy atom. The minimum atomic E-state index is 0.0180. The number of nitrogens with zero attached hydrogens (tertiary/aromatic N) is 3. The first kappa shape index (κ1) is 61.7. The van der Waals surface area contributed by atoms with Gasteiger partial charge in [0.2, 0.25) is 13.4 Å². The summed E-state index contributed by atoms with van der Waals surface area (Å²) in [5.74, 6) is 0. The van der Waals surface area contributed by atoms with E-state index in [2.05, 4.69) is 424 Å². The van der Waals surface area contributed by atoms with E-state index in [1.165, 1.54) is 122 Å². The second kappa shape index (κ2) is 27.1. The van der Waals surface area contributed by atoms with E-state index in [1.54, 1.807) is 0 Å². The molecule has 0 radical (unpaired) electrons. The van der Waals surface area contributed by atoms with Crippen molar-refractivity contribution >= 4 is 97.4 Å². The molecule has 0 amide bonds. The molecule has 15 aromatic carbocycles. The molecule has 470 valence electrons. The molecule has 2 heterocycles. The van der Waals surface area contributed by atoms with Gasteiger partial charge >= 0.3 is 0 Å². The summed E-state index contributed by atoms with van der Waals surface area (Å²) in [4.78, 5) is 7.19. The van der Waals surface area contributed by atoms with Gasteiger partial charge in [-0.15, -0.1) is 0 Å². The molecule has 0 aliphatic carbocycles. The van der Waals surface area contributed by atoms with Gasteiger partial charge in [0, 0.05) is 51.2 Å². The van der Waals surface area contributed by atoms with Crippen LogP contribution in [0.15, 0.2) is 388 Å². The predicted molar refractivity (Wildman–Crippen MR) is 425 cm³/mol. The molecule has 0 saturated carbocycles. The average Bonchev–Trinajstić information content (AvgIpc) is 0.724. The van der Waals surface area contributed by atoms with Crippen LogP contribution in [-0.4, -0.2) is 13.4 Å². The molecule has 0 unspecified atom stereocenters. The largest absolute Gasteiger partial charge is 0.312 e. The average molecular weight is 1270 g/mol. The van der Waals surface area contributed by atoms with E-state index >= 15 is 0 Å². The molecule has 0 atom stereocenters. The SMILES string of the molecule is CC(C)(C)c1ccc2c(c1)B(c1c(-c3ccccc3)cccc1-c1ccccc1)c1ccccc1N2c1ccccc1.c1ccc(-c2cccc(-c3ccccc3)c2B2c3ccccc3N(c3ccc(-c4ccc(N(c5ccccc5)c5ccccc5)cc4)cc3)c3ccccc32)cc1. The summed E-state index contributed by atoms with van der Waals surface area (Å²) in [6.07, 6.45) is 0. The van der Waals surface area contributed by atoms with Crippen LogP contribution < -0.4 is 47.5 Å². The van der Waals surface area contributed by atoms with Crippen LogP contribution in [0.3, 0.4) is 0 Å². The zero-order valence-corrected chi connectivity index (χ0v) is 55.9. The van der Waals surface area contributed by atoms with Crippen molar-refractivity contribution in [3.8, 4) is 55.6 Å². The van der Waals surface area contributed by atoms with Gasteiger partial charge in [-0.25, -0.2) is 0 Å². The summed E-state index contributed by atoms with van der Waals surface area (Å²) < 4.78 is 0. The van der Waals surface area contributed by atoms with Crippen LogP contribution in [0, 0.1) is 0 Å². The molecule has 15 aromatic rings. The zero-order chi connectivity index (χ0) is 66.7. The fraction of sp³-hybridized carbons (Fsp3) is 0.0426. The third-order valence-corrected chi connectivity index (χ3v) is 19.7. The Kier molecular flexibility index (Phi) is 16.9. The fourth-order valence-corrected chi connectivity index (χ4v) is 15.0. The van der Waals surface area contributed by atoms with Crippen LogP contribution in [0.1, 0.15) is 26.3 Å². The molecule has 0 spiro atoms. The van der Waals surface area contributed by atoms with Gasteiger partial charge in [-0.1, -0.05) is 335 Å². The van der Waals surface area contributed by atoms with Gasteiger partial charge in [-0.3, -0.25) is 0 Å². The van der Waals surface area contributed by atoms with E-state index in [-0.39, 0.29) is 18.8 Å². The molecule has 2 aliphatic heterocycles. The Morgan fingerprint density at radius 3 is 0.899 bits per heavy atom. The monoisotopic (exact) mass is 1270 g/mol. The summed E-state index contributed by atoms with van der Waals surface area (Å²) in [6, 6.07) is 141. The van der Waals surface area contributed by atoms with Crippen molar-refractivity contribution in [3.63, 3.8) is 0 Å². The highest BCUT2D eigenvalue weighted by atomic mass is 15.2. The highest BCUT2D eigenvalue weighted by molar-refractivity contribution is 7.00. The highest BCUT2D eigenvalue weighted by Crippen LogP contribution is 2.42. The summed E-state index contributed by atoms with van der Waals surface area (Å²) in [5, 5.41) is 0. The number of anilines is 9. The number of hydrogen-bond donors (Lipinski definition) is 0. The molecule has 0 N–H and O–H groups in total. The lowest BCUT2D eigenvalue weighted by Crippen LogP contribution is -2.58. The summed E-state index contributed by atoms with van der Waals surface area (Å²) in [5.41, 5.74) is 32.2. The molecule has 0 bridgehead atoms. The Morgan fingerprint density at radius 2 is 0.525 bits per heavy atom. The number of fused-ring (bicyclic) bond motifs is 4. The van der Waals surface area contributed by atoms with E-state index < -0.39 is 0 Å². The lowest BCUT2D eigenvalue weighted by atomic mass is 9.33. The molecule has 5 heteroatoms. The third-order valence-electron chi connectivity index (χ3n) is 19.7. The smallest absolute Gasteiger partial charge is 0.248 e. The second-order valence-electron chi connectivity index (χ2n) is 26.7. The zero-order valence-electron chi connectivity index (χ0n) is 55.9. The van der Waals surface area contributed by atoms with Crippen molar-refractivity contribution in [3.05, 3.63) is 394 Å². The van der Waals surface area contributed by atoms with E-state index in [9.17, 15) is 0 Å². The lowest BCUT2D eigenvalue weighted by Gasteiger charge is -2.39. The molecule has 0 fully saturated rings. The maximum atomic E-state index is 2.47. The maximum Gasteiger partial charge on any atom is 0.248 e. The second-order valence-corrected chi connectivity index (χ2v) is 26.7. The van der Waals surface area contributed by atoms with Gasteiger partial charge in [-0.2, -0.15) is 0 Å². The summed E-state index contributed by atoms with van der Waals surface area (Å²) >= 11 is 0. The van der Waals surface area contributed by atoms with Crippen LogP contribution in [0.5, 0.6) is 0 Å². The summed E-state index contributed by atoms with van der Waals surface area (Å²) in [6.45, 7) is 6.99. The lowest BCUT2D eigenvalue weighted by molar-refractivity contribution is 0.591. The first-order chi connectivity index (χ1) is 48.8. The van der Waals surface area contributed by atoms with E-state index in [4.69, 9.17) is 0 Å². The Labute approximate surface area is 584 Å². The van der Waals surface area contributed by atoms with Crippen LogP contribution in [0.2, 0.25) is 0 Å². The predicted octanol–water partition coefficient (Wildman–Crippen LogP) is 21.1. The van der Waals surface area contributed by atoms with Crippen LogP contribution in [0.4, 0.5) is 51.2 Å². The van der Waals surface area contributed by atoms with Gasteiger partial charge in [0.05, 0.1) is 0 Å². The summed E-state index contributed by atoms with van der Waals surface area (Å²) in [7, 11) is 0. The van der Waals surface area contributed by atoms with Crippen molar-refractivity contribution in [2.24, 2.45) is 0 Å². The first-order valence-corrected chi connectivity index (χ1v) is 34.5. The number of benzene rings is 15. The van der Waals surface area contributed by atoms with Crippen molar-refractivity contribution in [2.45, 2.75) is 26.2 Å². The molecular weight excluding hydrogens is 1190 g/mol.